The molecule has 128 valence electrons. The summed E-state index contributed by atoms with van der Waals surface area (Å²) in [5.74, 6) is 0.396. The summed E-state index contributed by atoms with van der Waals surface area (Å²) in [4.78, 5) is 38.6. The zero-order chi connectivity index (χ0) is 17.3. The number of benzene rings is 1. The van der Waals surface area contributed by atoms with Crippen molar-refractivity contribution in [2.45, 2.75) is 39.5 Å². The zero-order valence-electron chi connectivity index (χ0n) is 14.3. The minimum Gasteiger partial charge on any atom is -0.342 e. The Morgan fingerprint density at radius 2 is 1.67 bits per heavy atom. The summed E-state index contributed by atoms with van der Waals surface area (Å²) in [6.45, 7) is 5.21. The predicted octanol–water partition coefficient (Wildman–Crippen LogP) is 2.87. The highest BCUT2D eigenvalue weighted by molar-refractivity contribution is 6.13. The van der Waals surface area contributed by atoms with E-state index in [2.05, 4.69) is 12.2 Å². The molecule has 1 aromatic carbocycles. The monoisotopic (exact) mass is 328 g/mol. The number of amides is 2. The lowest BCUT2D eigenvalue weighted by Crippen LogP contribution is -2.46. The van der Waals surface area contributed by atoms with Gasteiger partial charge in [-0.3, -0.25) is 14.4 Å². The molecule has 1 N–H and O–H groups in total. The zero-order valence-corrected chi connectivity index (χ0v) is 14.3. The van der Waals surface area contributed by atoms with Crippen molar-refractivity contribution in [3.63, 3.8) is 0 Å². The van der Waals surface area contributed by atoms with Crippen molar-refractivity contribution < 1.29 is 14.4 Å². The number of nitrogens with one attached hydrogen (secondary N) is 1. The summed E-state index contributed by atoms with van der Waals surface area (Å²) in [5.41, 5.74) is 0.351. The van der Waals surface area contributed by atoms with Crippen LogP contribution in [0.2, 0.25) is 0 Å². The third-order valence-corrected chi connectivity index (χ3v) is 5.21. The van der Waals surface area contributed by atoms with Gasteiger partial charge in [-0.1, -0.05) is 6.92 Å². The Bertz CT molecular complexity index is 654. The van der Waals surface area contributed by atoms with Crippen molar-refractivity contribution >= 4 is 23.3 Å². The number of carbonyl (C=O) groups is 3. The maximum atomic E-state index is 12.8. The van der Waals surface area contributed by atoms with E-state index < -0.39 is 5.41 Å². The fourth-order valence-electron chi connectivity index (χ4n) is 3.22. The number of likely N-dealkylation sites (tertiary alicyclic amines) is 1. The van der Waals surface area contributed by atoms with E-state index in [9.17, 15) is 14.4 Å². The molecule has 1 aromatic rings. The molecular formula is C19H24N2O3. The van der Waals surface area contributed by atoms with E-state index in [1.807, 2.05) is 4.90 Å². The number of ketones is 1. The van der Waals surface area contributed by atoms with E-state index in [-0.39, 0.29) is 17.6 Å². The van der Waals surface area contributed by atoms with Crippen molar-refractivity contribution in [1.82, 2.24) is 4.90 Å². The van der Waals surface area contributed by atoms with Gasteiger partial charge in [0.15, 0.2) is 5.78 Å². The first kappa shape index (κ1) is 16.7. The second-order valence-corrected chi connectivity index (χ2v) is 7.14. The minimum atomic E-state index is -0.875. The van der Waals surface area contributed by atoms with Gasteiger partial charge in [-0.05, 0) is 62.8 Å². The molecule has 1 heterocycles. The number of nitrogens with zero attached hydrogens (tertiary/aromatic N) is 1. The smallest absolute Gasteiger partial charge is 0.240 e. The number of hydrogen-bond donors (Lipinski definition) is 1. The first-order valence-electron chi connectivity index (χ1n) is 8.64. The average molecular weight is 328 g/mol. The third-order valence-electron chi connectivity index (χ3n) is 5.21. The fraction of sp³-hybridized carbons (Fsp3) is 0.526. The lowest BCUT2D eigenvalue weighted by Gasteiger charge is -2.32. The van der Waals surface area contributed by atoms with Gasteiger partial charge in [0.05, 0.1) is 0 Å². The summed E-state index contributed by atoms with van der Waals surface area (Å²) >= 11 is 0. The Morgan fingerprint density at radius 1 is 1.08 bits per heavy atom. The van der Waals surface area contributed by atoms with Crippen LogP contribution in [0.1, 0.15) is 49.9 Å². The quantitative estimate of drug-likeness (QED) is 0.683. The topological polar surface area (TPSA) is 66.5 Å². The van der Waals surface area contributed by atoms with Gasteiger partial charge in [0, 0.05) is 24.3 Å². The van der Waals surface area contributed by atoms with Gasteiger partial charge < -0.3 is 10.2 Å². The number of hydrogen-bond acceptors (Lipinski definition) is 3. The van der Waals surface area contributed by atoms with Gasteiger partial charge in [0.2, 0.25) is 11.8 Å². The molecule has 0 bridgehead atoms. The molecule has 5 nitrogen and oxygen atoms in total. The summed E-state index contributed by atoms with van der Waals surface area (Å²) in [5, 5.41) is 2.84. The molecule has 2 aliphatic rings. The number of Topliss-reactive ketones (excluding diaryl/α,β-unsaturated/α-hetero) is 1. The number of rotatable bonds is 4. The second-order valence-electron chi connectivity index (χ2n) is 7.14. The molecule has 0 unspecified atom stereocenters. The van der Waals surface area contributed by atoms with E-state index in [4.69, 9.17) is 0 Å². The molecule has 1 saturated carbocycles. The molecule has 1 aliphatic heterocycles. The Hall–Kier alpha value is -2.17. The molecule has 0 spiro atoms. The number of piperidine rings is 1. The second kappa shape index (κ2) is 6.38. The van der Waals surface area contributed by atoms with Crippen LogP contribution in [-0.4, -0.2) is 35.6 Å². The summed E-state index contributed by atoms with van der Waals surface area (Å²) in [6, 6.07) is 6.78. The van der Waals surface area contributed by atoms with Crippen molar-refractivity contribution in [2.24, 2.45) is 11.3 Å². The first-order chi connectivity index (χ1) is 11.4. The van der Waals surface area contributed by atoms with E-state index in [1.54, 1.807) is 24.3 Å². The van der Waals surface area contributed by atoms with Crippen LogP contribution in [0.15, 0.2) is 24.3 Å². The fourth-order valence-corrected chi connectivity index (χ4v) is 3.22. The van der Waals surface area contributed by atoms with Gasteiger partial charge >= 0.3 is 0 Å². The minimum absolute atomic E-state index is 0.0129. The van der Waals surface area contributed by atoms with Crippen LogP contribution in [0, 0.1) is 11.3 Å². The molecule has 5 heteroatoms. The highest BCUT2D eigenvalue weighted by Gasteiger charge is 2.58. The van der Waals surface area contributed by atoms with Crippen LogP contribution >= 0.6 is 0 Å². The third kappa shape index (κ3) is 3.21. The van der Waals surface area contributed by atoms with Crippen LogP contribution in [-0.2, 0) is 9.59 Å². The van der Waals surface area contributed by atoms with E-state index >= 15 is 0 Å². The Morgan fingerprint density at radius 3 is 2.17 bits per heavy atom. The van der Waals surface area contributed by atoms with E-state index in [0.717, 1.165) is 25.9 Å². The Kier molecular flexibility index (Phi) is 4.43. The molecule has 1 saturated heterocycles. The van der Waals surface area contributed by atoms with E-state index in [0.29, 0.717) is 30.0 Å². The molecule has 0 atom stereocenters. The standard InChI is InChI=1S/C19H24N2O3/c1-13-7-11-21(12-8-13)18(24)19(9-10-19)17(23)20-16-5-3-15(4-6-16)14(2)22/h3-6,13H,7-12H2,1-2H3,(H,20,23). The molecule has 1 aliphatic carbocycles. The normalized spacial score (nSPS) is 19.7. The van der Waals surface area contributed by atoms with Gasteiger partial charge in [-0.25, -0.2) is 0 Å². The van der Waals surface area contributed by atoms with Crippen LogP contribution in [0.5, 0.6) is 0 Å². The van der Waals surface area contributed by atoms with Gasteiger partial charge in [0.25, 0.3) is 0 Å². The van der Waals surface area contributed by atoms with Crippen LogP contribution in [0.3, 0.4) is 0 Å². The highest BCUT2D eigenvalue weighted by Crippen LogP contribution is 2.48. The molecular weight excluding hydrogens is 304 g/mol. The van der Waals surface area contributed by atoms with E-state index in [1.165, 1.54) is 6.92 Å². The molecule has 0 radical (unpaired) electrons. The maximum absolute atomic E-state index is 12.8. The first-order valence-corrected chi connectivity index (χ1v) is 8.64. The van der Waals surface area contributed by atoms with Crippen molar-refractivity contribution in [2.75, 3.05) is 18.4 Å². The molecule has 2 amide bonds. The van der Waals surface area contributed by atoms with Crippen molar-refractivity contribution in [3.8, 4) is 0 Å². The summed E-state index contributed by atoms with van der Waals surface area (Å²) in [6.07, 6.45) is 3.26. The molecule has 3 rings (SSSR count). The number of anilines is 1. The highest BCUT2D eigenvalue weighted by atomic mass is 16.2. The van der Waals surface area contributed by atoms with Gasteiger partial charge in [-0.15, -0.1) is 0 Å². The molecule has 24 heavy (non-hydrogen) atoms. The lowest BCUT2D eigenvalue weighted by atomic mass is 9.96. The predicted molar refractivity (Wildman–Crippen MR) is 91.7 cm³/mol. The molecule has 0 aromatic heterocycles. The van der Waals surface area contributed by atoms with Gasteiger partial charge in [0.1, 0.15) is 5.41 Å². The van der Waals surface area contributed by atoms with Crippen LogP contribution < -0.4 is 5.32 Å². The lowest BCUT2D eigenvalue weighted by molar-refractivity contribution is -0.143. The van der Waals surface area contributed by atoms with Crippen molar-refractivity contribution in [1.29, 1.82) is 0 Å². The SMILES string of the molecule is CC(=O)c1ccc(NC(=O)C2(C(=O)N3CCC(C)CC3)CC2)cc1. The summed E-state index contributed by atoms with van der Waals surface area (Å²) in [7, 11) is 0. The Labute approximate surface area is 142 Å². The summed E-state index contributed by atoms with van der Waals surface area (Å²) < 4.78 is 0. The molecule has 2 fully saturated rings. The average Bonchev–Trinajstić information content (AvgIpc) is 3.37. The largest absolute Gasteiger partial charge is 0.342 e. The van der Waals surface area contributed by atoms with Crippen LogP contribution in [0.4, 0.5) is 5.69 Å². The Balaban J connectivity index is 1.65. The van der Waals surface area contributed by atoms with Gasteiger partial charge in [-0.2, -0.15) is 0 Å². The van der Waals surface area contributed by atoms with Crippen LogP contribution in [0.25, 0.3) is 0 Å². The maximum Gasteiger partial charge on any atom is 0.240 e. The number of carbonyl (C=O) groups excluding carboxylic acids is 3. The van der Waals surface area contributed by atoms with Crippen molar-refractivity contribution in [3.05, 3.63) is 29.8 Å².